The first kappa shape index (κ1) is 12.3. The van der Waals surface area contributed by atoms with E-state index in [0.29, 0.717) is 18.0 Å². The molecule has 0 radical (unpaired) electrons. The summed E-state index contributed by atoms with van der Waals surface area (Å²) in [4.78, 5) is 2.45. The minimum absolute atomic E-state index is 0.149. The van der Waals surface area contributed by atoms with E-state index in [9.17, 15) is 5.11 Å². The summed E-state index contributed by atoms with van der Waals surface area (Å²) in [5.74, 6) is 0.457. The summed E-state index contributed by atoms with van der Waals surface area (Å²) in [7, 11) is 0. The molecule has 3 N–H and O–H groups in total. The summed E-state index contributed by atoms with van der Waals surface area (Å²) in [6, 6.07) is 0.841. The molecule has 16 heavy (non-hydrogen) atoms. The van der Waals surface area contributed by atoms with Crippen LogP contribution in [0.3, 0.4) is 0 Å². The predicted octanol–water partition coefficient (Wildman–Crippen LogP) is 1.35. The third-order valence-electron chi connectivity index (χ3n) is 4.45. The molecule has 0 aromatic carbocycles. The van der Waals surface area contributed by atoms with Crippen molar-refractivity contribution in [2.75, 3.05) is 13.1 Å². The Morgan fingerprint density at radius 1 is 1.12 bits per heavy atom. The first-order chi connectivity index (χ1) is 7.68. The number of rotatable bonds is 1. The van der Waals surface area contributed by atoms with E-state index in [2.05, 4.69) is 11.8 Å². The number of hydrogen-bond acceptors (Lipinski definition) is 3. The highest BCUT2D eigenvalue weighted by Gasteiger charge is 2.32. The summed E-state index contributed by atoms with van der Waals surface area (Å²) < 4.78 is 0. The molecule has 1 aliphatic carbocycles. The number of nitrogens with two attached hydrogens (primary N) is 1. The molecule has 3 nitrogen and oxygen atoms in total. The molecule has 1 heterocycles. The lowest BCUT2D eigenvalue weighted by atomic mass is 9.92. The highest BCUT2D eigenvalue weighted by atomic mass is 16.3. The Bertz CT molecular complexity index is 222. The van der Waals surface area contributed by atoms with E-state index >= 15 is 0 Å². The fourth-order valence-electron chi connectivity index (χ4n) is 3.14. The largest absolute Gasteiger partial charge is 0.392 e. The Hall–Kier alpha value is -0.120. The van der Waals surface area contributed by atoms with Crippen LogP contribution in [0, 0.1) is 5.92 Å². The van der Waals surface area contributed by atoms with Crippen molar-refractivity contribution in [2.24, 2.45) is 11.7 Å². The Morgan fingerprint density at radius 3 is 2.62 bits per heavy atom. The van der Waals surface area contributed by atoms with E-state index in [1.807, 2.05) is 0 Å². The van der Waals surface area contributed by atoms with Gasteiger partial charge in [0, 0.05) is 18.6 Å². The van der Waals surface area contributed by atoms with Gasteiger partial charge in [0.25, 0.3) is 0 Å². The van der Waals surface area contributed by atoms with Crippen LogP contribution in [0.1, 0.15) is 45.4 Å². The second kappa shape index (κ2) is 5.48. The average Bonchev–Trinajstić information content (AvgIpc) is 2.47. The lowest BCUT2D eigenvalue weighted by Crippen LogP contribution is -2.53. The van der Waals surface area contributed by atoms with Gasteiger partial charge in [-0.15, -0.1) is 0 Å². The Kier molecular flexibility index (Phi) is 4.22. The van der Waals surface area contributed by atoms with Gasteiger partial charge < -0.3 is 10.8 Å². The van der Waals surface area contributed by atoms with Gasteiger partial charge in [0.15, 0.2) is 0 Å². The minimum Gasteiger partial charge on any atom is -0.392 e. The lowest BCUT2D eigenvalue weighted by Gasteiger charge is -2.41. The van der Waals surface area contributed by atoms with Crippen LogP contribution in [-0.2, 0) is 0 Å². The second-order valence-corrected chi connectivity index (χ2v) is 5.70. The number of aliphatic hydroxyl groups is 1. The quantitative estimate of drug-likeness (QED) is 0.664. The van der Waals surface area contributed by atoms with Gasteiger partial charge in [0.2, 0.25) is 0 Å². The first-order valence-electron chi connectivity index (χ1n) is 6.86. The molecule has 0 spiro atoms. The van der Waals surface area contributed by atoms with Crippen molar-refractivity contribution in [3.05, 3.63) is 0 Å². The summed E-state index contributed by atoms with van der Waals surface area (Å²) in [6.07, 6.45) is 7.27. The van der Waals surface area contributed by atoms with Gasteiger partial charge in [-0.25, -0.2) is 0 Å². The molecule has 1 saturated heterocycles. The fourth-order valence-corrected chi connectivity index (χ4v) is 3.14. The number of likely N-dealkylation sites (tertiary alicyclic amines) is 1. The van der Waals surface area contributed by atoms with Crippen molar-refractivity contribution in [1.29, 1.82) is 0 Å². The summed E-state index contributed by atoms with van der Waals surface area (Å²) in [6.45, 7) is 4.10. The molecule has 4 unspecified atom stereocenters. The van der Waals surface area contributed by atoms with Gasteiger partial charge in [0.1, 0.15) is 0 Å². The van der Waals surface area contributed by atoms with Crippen molar-refractivity contribution >= 4 is 0 Å². The lowest BCUT2D eigenvalue weighted by molar-refractivity contribution is 0.00349. The van der Waals surface area contributed by atoms with E-state index in [1.54, 1.807) is 0 Å². The van der Waals surface area contributed by atoms with Gasteiger partial charge >= 0.3 is 0 Å². The zero-order valence-corrected chi connectivity index (χ0v) is 10.4. The monoisotopic (exact) mass is 226 g/mol. The van der Waals surface area contributed by atoms with E-state index in [0.717, 1.165) is 25.9 Å². The Morgan fingerprint density at radius 2 is 1.88 bits per heavy atom. The van der Waals surface area contributed by atoms with E-state index in [4.69, 9.17) is 5.73 Å². The Labute approximate surface area is 99.0 Å². The maximum absolute atomic E-state index is 9.95. The van der Waals surface area contributed by atoms with Crippen LogP contribution in [0.15, 0.2) is 0 Å². The molecule has 2 rings (SSSR count). The first-order valence-corrected chi connectivity index (χ1v) is 6.86. The highest BCUT2D eigenvalue weighted by molar-refractivity contribution is 4.89. The number of aliphatic hydroxyl groups excluding tert-OH is 1. The molecule has 1 aliphatic heterocycles. The van der Waals surface area contributed by atoms with Crippen LogP contribution in [0.5, 0.6) is 0 Å². The molecule has 1 saturated carbocycles. The van der Waals surface area contributed by atoms with Crippen LogP contribution in [0.2, 0.25) is 0 Å². The molecule has 3 heteroatoms. The van der Waals surface area contributed by atoms with Crippen LogP contribution in [0.4, 0.5) is 0 Å². The maximum Gasteiger partial charge on any atom is 0.0693 e. The van der Waals surface area contributed by atoms with Crippen molar-refractivity contribution in [3.8, 4) is 0 Å². The number of nitrogens with zero attached hydrogens (tertiary/aromatic N) is 1. The second-order valence-electron chi connectivity index (χ2n) is 5.70. The van der Waals surface area contributed by atoms with E-state index in [-0.39, 0.29) is 6.10 Å². The Balaban J connectivity index is 1.94. The standard InChI is InChI=1S/C13H26N2O/c1-10-7-8-15(9-13(10)16)12-6-4-2-3-5-11(12)14/h10-13,16H,2-9,14H2,1H3. The summed E-state index contributed by atoms with van der Waals surface area (Å²) >= 11 is 0. The third-order valence-corrected chi connectivity index (χ3v) is 4.45. The zero-order valence-electron chi connectivity index (χ0n) is 10.4. The molecular formula is C13H26N2O. The van der Waals surface area contributed by atoms with Crippen LogP contribution in [-0.4, -0.2) is 41.3 Å². The number of hydrogen-bond donors (Lipinski definition) is 2. The van der Waals surface area contributed by atoms with Gasteiger partial charge in [-0.05, 0) is 31.7 Å². The normalized spacial score (nSPS) is 42.9. The summed E-state index contributed by atoms with van der Waals surface area (Å²) in [5.41, 5.74) is 6.27. The van der Waals surface area contributed by atoms with Crippen LogP contribution < -0.4 is 5.73 Å². The van der Waals surface area contributed by atoms with E-state index in [1.165, 1.54) is 25.7 Å². The van der Waals surface area contributed by atoms with Crippen LogP contribution in [0.25, 0.3) is 0 Å². The topological polar surface area (TPSA) is 49.5 Å². The fraction of sp³-hybridized carbons (Fsp3) is 1.00. The predicted molar refractivity (Wildman–Crippen MR) is 66.2 cm³/mol. The number of piperidine rings is 1. The van der Waals surface area contributed by atoms with Gasteiger partial charge in [-0.3, -0.25) is 4.90 Å². The van der Waals surface area contributed by atoms with Crippen molar-refractivity contribution in [2.45, 2.75) is 63.6 Å². The van der Waals surface area contributed by atoms with Crippen molar-refractivity contribution < 1.29 is 5.11 Å². The molecule has 0 bridgehead atoms. The summed E-state index contributed by atoms with van der Waals surface area (Å²) in [5, 5.41) is 9.95. The van der Waals surface area contributed by atoms with Crippen molar-refractivity contribution in [1.82, 2.24) is 4.90 Å². The molecule has 4 atom stereocenters. The number of β-amino-alcohol motifs (C(OH)–C–C–N with tert-alkyl or cyclic N) is 1. The van der Waals surface area contributed by atoms with Crippen molar-refractivity contribution in [3.63, 3.8) is 0 Å². The molecule has 2 fully saturated rings. The molecule has 0 aromatic heterocycles. The molecule has 0 amide bonds. The maximum atomic E-state index is 9.95. The smallest absolute Gasteiger partial charge is 0.0693 e. The minimum atomic E-state index is -0.149. The third kappa shape index (κ3) is 2.76. The van der Waals surface area contributed by atoms with Gasteiger partial charge in [-0.2, -0.15) is 0 Å². The zero-order chi connectivity index (χ0) is 11.5. The molecule has 2 aliphatic rings. The van der Waals surface area contributed by atoms with Crippen LogP contribution >= 0.6 is 0 Å². The average molecular weight is 226 g/mol. The highest BCUT2D eigenvalue weighted by Crippen LogP contribution is 2.26. The van der Waals surface area contributed by atoms with Gasteiger partial charge in [0.05, 0.1) is 6.10 Å². The molecular weight excluding hydrogens is 200 g/mol. The SMILES string of the molecule is CC1CCN(C2CCCCCC2N)CC1O. The molecule has 94 valence electrons. The molecule has 0 aromatic rings. The van der Waals surface area contributed by atoms with Gasteiger partial charge in [-0.1, -0.05) is 26.2 Å². The van der Waals surface area contributed by atoms with E-state index < -0.39 is 0 Å².